The van der Waals surface area contributed by atoms with E-state index in [-0.39, 0.29) is 12.8 Å². The van der Waals surface area contributed by atoms with E-state index in [1.165, 1.54) is 0 Å². The van der Waals surface area contributed by atoms with Gasteiger partial charge in [-0.2, -0.15) is 0 Å². The molecular weight excluding hydrogens is 276 g/mol. The highest BCUT2D eigenvalue weighted by Gasteiger charge is 2.37. The molecule has 22 heavy (non-hydrogen) atoms. The summed E-state index contributed by atoms with van der Waals surface area (Å²) in [5, 5.41) is 16.5. The molecule has 2 unspecified atom stereocenters. The first-order valence-corrected chi connectivity index (χ1v) is 7.38. The number of likely N-dealkylation sites (tertiary alicyclic amines) is 1. The van der Waals surface area contributed by atoms with Crippen molar-refractivity contribution in [3.63, 3.8) is 0 Å². The van der Waals surface area contributed by atoms with Crippen molar-refractivity contribution in [2.75, 3.05) is 18.4 Å². The molecule has 1 aliphatic rings. The van der Waals surface area contributed by atoms with Crippen molar-refractivity contribution in [2.24, 2.45) is 0 Å². The second-order valence-electron chi connectivity index (χ2n) is 5.65. The molecule has 4 heteroatoms. The zero-order chi connectivity index (χ0) is 24.0. The molecule has 1 aliphatic heterocycles. The van der Waals surface area contributed by atoms with Gasteiger partial charge in [-0.15, -0.1) is 0 Å². The number of quaternary nitrogens is 1. The van der Waals surface area contributed by atoms with Crippen LogP contribution in [-0.2, 0) is 4.79 Å². The van der Waals surface area contributed by atoms with Gasteiger partial charge in [-0.1, -0.05) is 31.4 Å². The fourth-order valence-corrected chi connectivity index (χ4v) is 2.84. The van der Waals surface area contributed by atoms with Gasteiger partial charge in [0.25, 0.3) is 5.91 Å². The summed E-state index contributed by atoms with van der Waals surface area (Å²) < 4.78 is 68.4. The van der Waals surface area contributed by atoms with Gasteiger partial charge < -0.3 is 15.2 Å². The number of carbonyl (C=O) groups is 1. The van der Waals surface area contributed by atoms with Crippen LogP contribution in [-0.4, -0.2) is 29.6 Å². The van der Waals surface area contributed by atoms with Crippen LogP contribution in [0.5, 0.6) is 0 Å². The van der Waals surface area contributed by atoms with Gasteiger partial charge in [-0.3, -0.25) is 4.79 Å². The predicted octanol–water partition coefficient (Wildman–Crippen LogP) is 3.91. The number of hydroxylamine groups is 3. The number of piperidine rings is 1. The molecule has 2 rings (SSSR count). The topological polar surface area (TPSA) is 52.2 Å². The van der Waals surface area contributed by atoms with Crippen molar-refractivity contribution in [1.29, 1.82) is 0 Å². The lowest BCUT2D eigenvalue weighted by atomic mass is 9.99. The summed E-state index contributed by atoms with van der Waals surface area (Å²) in [5.74, 6) is -0.804. The van der Waals surface area contributed by atoms with E-state index in [0.717, 1.165) is 11.1 Å². The summed E-state index contributed by atoms with van der Waals surface area (Å²) in [6, 6.07) is 3.74. The Hall–Kier alpha value is -1.39. The molecule has 0 radical (unpaired) electrons. The molecule has 122 valence electrons. The van der Waals surface area contributed by atoms with E-state index in [0.29, 0.717) is 12.1 Å². The molecule has 1 saturated heterocycles. The smallest absolute Gasteiger partial charge is 0.283 e. The van der Waals surface area contributed by atoms with Crippen molar-refractivity contribution in [3.8, 4) is 0 Å². The number of aryl methyl sites for hydroxylation is 2. The van der Waals surface area contributed by atoms with Crippen LogP contribution in [0.2, 0.25) is 0 Å². The predicted molar refractivity (Wildman–Crippen MR) is 90.5 cm³/mol. The molecular formula is C18H28N2O2. The molecule has 1 fully saturated rings. The number of nitrogens with one attached hydrogen (secondary N) is 1. The first-order valence-electron chi connectivity index (χ1n) is 11.9. The van der Waals surface area contributed by atoms with Crippen molar-refractivity contribution in [3.05, 3.63) is 34.5 Å². The highest BCUT2D eigenvalue weighted by molar-refractivity contribution is 5.95. The molecule has 1 heterocycles. The summed E-state index contributed by atoms with van der Waals surface area (Å²) in [6.07, 6.45) is -6.78. The number of benzene rings is 1. The molecule has 1 N–H and O–H groups in total. The molecule has 2 atom stereocenters. The van der Waals surface area contributed by atoms with Crippen LogP contribution in [0.1, 0.15) is 62.3 Å². The van der Waals surface area contributed by atoms with Crippen LogP contribution in [0.3, 0.4) is 0 Å². The lowest BCUT2D eigenvalue weighted by Crippen LogP contribution is -2.58. The Bertz CT molecular complexity index is 822. The number of nitrogens with zero attached hydrogens (tertiary/aromatic N) is 1. The fraction of sp³-hybridized carbons (Fsp3) is 0.611. The Morgan fingerprint density at radius 3 is 2.86 bits per heavy atom. The normalized spacial score (nSPS) is 33.6. The van der Waals surface area contributed by atoms with E-state index in [4.69, 9.17) is 12.3 Å². The number of hydrogen-bond acceptors (Lipinski definition) is 2. The van der Waals surface area contributed by atoms with Gasteiger partial charge in [0, 0.05) is 21.7 Å². The second-order valence-corrected chi connectivity index (χ2v) is 5.65. The third kappa shape index (κ3) is 3.68. The average molecular weight is 313 g/mol. The highest BCUT2D eigenvalue weighted by atomic mass is 16.5. The molecule has 1 aromatic rings. The molecule has 0 bridgehead atoms. The number of anilines is 1. The fourth-order valence-electron chi connectivity index (χ4n) is 2.84. The summed E-state index contributed by atoms with van der Waals surface area (Å²) in [7, 11) is 0. The van der Waals surface area contributed by atoms with Crippen molar-refractivity contribution < 1.29 is 21.8 Å². The van der Waals surface area contributed by atoms with E-state index >= 15 is 0 Å². The summed E-state index contributed by atoms with van der Waals surface area (Å²) >= 11 is 0. The zero-order valence-corrected chi connectivity index (χ0v) is 12.9. The van der Waals surface area contributed by atoms with Gasteiger partial charge >= 0.3 is 0 Å². The first-order chi connectivity index (χ1) is 13.9. The van der Waals surface area contributed by atoms with Crippen molar-refractivity contribution >= 4 is 11.6 Å². The lowest BCUT2D eigenvalue weighted by molar-refractivity contribution is -0.901. The summed E-state index contributed by atoms with van der Waals surface area (Å²) in [4.78, 5) is 13.1. The molecule has 1 amide bonds. The maximum Gasteiger partial charge on any atom is 0.283 e. The molecule has 0 saturated carbocycles. The van der Waals surface area contributed by atoms with Crippen LogP contribution >= 0.6 is 0 Å². The van der Waals surface area contributed by atoms with Crippen LogP contribution in [0.4, 0.5) is 5.69 Å². The molecule has 4 nitrogen and oxygen atoms in total. The van der Waals surface area contributed by atoms with Gasteiger partial charge in [-0.25, -0.2) is 0 Å². The maximum absolute atomic E-state index is 13.8. The number of carbonyl (C=O) groups excluding carboxylic acids is 1. The van der Waals surface area contributed by atoms with E-state index in [9.17, 15) is 10.0 Å². The number of rotatable bonds is 5. The quantitative estimate of drug-likeness (QED) is 0.662. The molecule has 1 aromatic carbocycles. The Morgan fingerprint density at radius 2 is 2.18 bits per heavy atom. The number of para-hydroxylation sites is 1. The minimum absolute atomic E-state index is 0.0351. The number of amides is 1. The van der Waals surface area contributed by atoms with Crippen LogP contribution in [0.25, 0.3) is 0 Å². The van der Waals surface area contributed by atoms with E-state index < -0.39 is 49.2 Å². The maximum atomic E-state index is 13.8. The molecule has 0 spiro atoms. The van der Waals surface area contributed by atoms with Crippen LogP contribution in [0.15, 0.2) is 18.2 Å². The lowest BCUT2D eigenvalue weighted by Gasteiger charge is -2.50. The highest BCUT2D eigenvalue weighted by Crippen LogP contribution is 2.28. The van der Waals surface area contributed by atoms with Crippen molar-refractivity contribution in [1.82, 2.24) is 0 Å². The Labute approximate surface area is 146 Å². The van der Waals surface area contributed by atoms with E-state index in [1.54, 1.807) is 32.0 Å². The van der Waals surface area contributed by atoms with Crippen LogP contribution < -0.4 is 5.32 Å². The standard InChI is InChI=1S/C18H28N2O2/c1-4-5-12-20(22)13-7-6-11-16(20)18(21)19-17-14(2)9-8-10-15(17)3/h8-10,16H,4-7,11-13H2,1-3H3,(H,19,21)/i1D3,4D2,5D2,12D2. The van der Waals surface area contributed by atoms with Gasteiger partial charge in [0.2, 0.25) is 0 Å². The van der Waals surface area contributed by atoms with Crippen molar-refractivity contribution in [2.45, 2.75) is 58.7 Å². The number of hydrogen-bond donors (Lipinski definition) is 1. The monoisotopic (exact) mass is 313 g/mol. The second kappa shape index (κ2) is 7.25. The van der Waals surface area contributed by atoms with E-state index in [1.807, 2.05) is 0 Å². The molecule has 0 aliphatic carbocycles. The van der Waals surface area contributed by atoms with Gasteiger partial charge in [0.05, 0.1) is 15.8 Å². The van der Waals surface area contributed by atoms with Gasteiger partial charge in [-0.05, 0) is 44.2 Å². The van der Waals surface area contributed by atoms with Gasteiger partial charge in [0.15, 0.2) is 6.04 Å². The zero-order valence-electron chi connectivity index (χ0n) is 21.9. The third-order valence-electron chi connectivity index (χ3n) is 4.06. The Kier molecular flexibility index (Phi) is 2.79. The molecule has 0 aromatic heterocycles. The minimum atomic E-state index is -3.71. The van der Waals surface area contributed by atoms with E-state index in [2.05, 4.69) is 5.32 Å². The Morgan fingerprint density at radius 1 is 1.45 bits per heavy atom. The summed E-state index contributed by atoms with van der Waals surface area (Å²) in [5.41, 5.74) is 1.92. The third-order valence-corrected chi connectivity index (χ3v) is 4.06. The SMILES string of the molecule is [2H]C([2H])([2H])C([2H])([2H])C([2H])([2H])C([2H])([2H])[N+]1([O-])CCCCC1C(=O)Nc1c(C)cccc1C. The minimum Gasteiger partial charge on any atom is -0.632 e. The first kappa shape index (κ1) is 8.46. The largest absolute Gasteiger partial charge is 0.632 e. The average Bonchev–Trinajstić information content (AvgIpc) is 2.63. The van der Waals surface area contributed by atoms with Gasteiger partial charge in [0.1, 0.15) is 0 Å². The van der Waals surface area contributed by atoms with Crippen LogP contribution in [0, 0.1) is 19.1 Å². The Balaban J connectivity index is 2.50. The summed E-state index contributed by atoms with van der Waals surface area (Å²) in [6.45, 7) is -4.03.